The third kappa shape index (κ3) is 3.07. The zero-order valence-corrected chi connectivity index (χ0v) is 9.06. The number of nitrogens with two attached hydrogens (primary N) is 1. The number of carbonyl (C=O) groups is 1. The average molecular weight is 211 g/mol. The molecule has 3 N–H and O–H groups in total. The molecule has 1 unspecified atom stereocenters. The van der Waals surface area contributed by atoms with Crippen molar-refractivity contribution < 1.29 is 9.21 Å². The Kier molecular flexibility index (Phi) is 4.33. The van der Waals surface area contributed by atoms with Crippen LogP contribution >= 0.6 is 0 Å². The van der Waals surface area contributed by atoms with Crippen LogP contribution in [0.25, 0.3) is 0 Å². The van der Waals surface area contributed by atoms with Gasteiger partial charge in [0, 0.05) is 0 Å². The number of rotatable bonds is 5. The minimum Gasteiger partial charge on any atom is -0.468 e. The minimum atomic E-state index is -0.259. The lowest BCUT2D eigenvalue weighted by Gasteiger charge is -2.25. The smallest absolute Gasteiger partial charge is 0.250 e. The lowest BCUT2D eigenvalue weighted by Crippen LogP contribution is -2.47. The molecule has 0 aromatic carbocycles. The number of hydrogen-bond acceptors (Lipinski definition) is 4. The number of amides is 1. The van der Waals surface area contributed by atoms with E-state index >= 15 is 0 Å². The van der Waals surface area contributed by atoms with Crippen LogP contribution in [0.1, 0.15) is 19.6 Å². The largest absolute Gasteiger partial charge is 0.468 e. The number of nitrogens with one attached hydrogen (secondary N) is 1. The van der Waals surface area contributed by atoms with E-state index in [4.69, 9.17) is 10.3 Å². The summed E-state index contributed by atoms with van der Waals surface area (Å²) >= 11 is 0. The van der Waals surface area contributed by atoms with Crippen molar-refractivity contribution in [2.75, 3.05) is 6.54 Å². The first-order valence-corrected chi connectivity index (χ1v) is 4.96. The number of hydrogen-bond donors (Lipinski definition) is 2. The van der Waals surface area contributed by atoms with Crippen LogP contribution in [0.3, 0.4) is 0 Å². The van der Waals surface area contributed by atoms with Gasteiger partial charge in [-0.15, -0.1) is 0 Å². The molecule has 1 rings (SSSR count). The topological polar surface area (TPSA) is 71.5 Å². The van der Waals surface area contributed by atoms with Crippen molar-refractivity contribution in [2.45, 2.75) is 26.4 Å². The fourth-order valence-electron chi connectivity index (χ4n) is 1.41. The van der Waals surface area contributed by atoms with Gasteiger partial charge >= 0.3 is 0 Å². The van der Waals surface area contributed by atoms with Crippen LogP contribution in [-0.2, 0) is 11.3 Å². The maximum absolute atomic E-state index is 11.3. The quantitative estimate of drug-likeness (QED) is 0.422. The first-order chi connectivity index (χ1) is 7.19. The van der Waals surface area contributed by atoms with Crippen molar-refractivity contribution in [3.8, 4) is 0 Å². The molecule has 0 aliphatic rings. The first kappa shape index (κ1) is 11.7. The van der Waals surface area contributed by atoms with Gasteiger partial charge < -0.3 is 4.42 Å². The molecule has 1 amide bonds. The molecule has 84 valence electrons. The van der Waals surface area contributed by atoms with Gasteiger partial charge in [0.1, 0.15) is 5.76 Å². The van der Waals surface area contributed by atoms with Gasteiger partial charge in [-0.3, -0.25) is 15.1 Å². The number of nitrogens with zero attached hydrogens (tertiary/aromatic N) is 1. The van der Waals surface area contributed by atoms with E-state index in [9.17, 15) is 4.79 Å². The Morgan fingerprint density at radius 1 is 1.73 bits per heavy atom. The number of likely N-dealkylation sites (N-methyl/N-ethyl adjacent to an activating group) is 1. The van der Waals surface area contributed by atoms with Gasteiger partial charge in [0.25, 0.3) is 5.91 Å². The van der Waals surface area contributed by atoms with Gasteiger partial charge in [0.15, 0.2) is 0 Å². The number of hydrazine groups is 1. The van der Waals surface area contributed by atoms with E-state index in [0.29, 0.717) is 6.54 Å². The fourth-order valence-corrected chi connectivity index (χ4v) is 1.41. The van der Waals surface area contributed by atoms with Crippen LogP contribution in [-0.4, -0.2) is 23.4 Å². The van der Waals surface area contributed by atoms with Gasteiger partial charge in [0.2, 0.25) is 0 Å². The highest BCUT2D eigenvalue weighted by atomic mass is 16.3. The molecule has 0 saturated carbocycles. The Hall–Kier alpha value is -1.33. The van der Waals surface area contributed by atoms with Crippen molar-refractivity contribution in [3.63, 3.8) is 0 Å². The Morgan fingerprint density at radius 2 is 2.47 bits per heavy atom. The highest BCUT2D eigenvalue weighted by Crippen LogP contribution is 2.08. The summed E-state index contributed by atoms with van der Waals surface area (Å²) in [6, 6.07) is 3.46. The zero-order chi connectivity index (χ0) is 11.3. The molecule has 0 radical (unpaired) electrons. The second kappa shape index (κ2) is 5.53. The highest BCUT2D eigenvalue weighted by Gasteiger charge is 2.19. The molecule has 0 spiro atoms. The van der Waals surface area contributed by atoms with Crippen LogP contribution in [0.5, 0.6) is 0 Å². The summed E-state index contributed by atoms with van der Waals surface area (Å²) < 4.78 is 5.22. The Balaban J connectivity index is 2.59. The predicted octanol–water partition coefficient (Wildman–Crippen LogP) is 0.480. The van der Waals surface area contributed by atoms with E-state index in [-0.39, 0.29) is 11.9 Å². The molecule has 1 aromatic heterocycles. The van der Waals surface area contributed by atoms with E-state index in [1.165, 1.54) is 0 Å². The van der Waals surface area contributed by atoms with E-state index < -0.39 is 0 Å². The summed E-state index contributed by atoms with van der Waals surface area (Å²) in [7, 11) is 0. The molecular formula is C10H17N3O2. The molecule has 1 heterocycles. The third-order valence-electron chi connectivity index (χ3n) is 2.41. The normalized spacial score (nSPS) is 12.8. The van der Waals surface area contributed by atoms with Crippen molar-refractivity contribution in [1.82, 2.24) is 10.3 Å². The lowest BCUT2D eigenvalue weighted by molar-refractivity contribution is -0.126. The standard InChI is InChI=1S/C10H17N3O2/c1-3-13(8(2)10(14)12-11)7-9-5-4-6-15-9/h4-6,8H,3,7,11H2,1-2H3,(H,12,14). The maximum Gasteiger partial charge on any atom is 0.250 e. The second-order valence-electron chi connectivity index (χ2n) is 3.33. The van der Waals surface area contributed by atoms with Crippen molar-refractivity contribution >= 4 is 5.91 Å². The van der Waals surface area contributed by atoms with Gasteiger partial charge in [-0.25, -0.2) is 5.84 Å². The summed E-state index contributed by atoms with van der Waals surface area (Å²) in [5.74, 6) is 5.74. The molecule has 0 fully saturated rings. The number of furan rings is 1. The molecule has 15 heavy (non-hydrogen) atoms. The van der Waals surface area contributed by atoms with E-state index in [1.54, 1.807) is 6.26 Å². The molecule has 1 aromatic rings. The van der Waals surface area contributed by atoms with Crippen LogP contribution in [0.15, 0.2) is 22.8 Å². The summed E-state index contributed by atoms with van der Waals surface area (Å²) in [5.41, 5.74) is 2.15. The predicted molar refractivity (Wildman–Crippen MR) is 56.6 cm³/mol. The van der Waals surface area contributed by atoms with Crippen molar-refractivity contribution in [2.24, 2.45) is 5.84 Å². The molecule has 1 atom stereocenters. The summed E-state index contributed by atoms with van der Waals surface area (Å²) in [6.07, 6.45) is 1.62. The molecule has 0 aliphatic carbocycles. The zero-order valence-electron chi connectivity index (χ0n) is 9.06. The highest BCUT2D eigenvalue weighted by molar-refractivity contribution is 5.80. The SMILES string of the molecule is CCN(Cc1ccco1)C(C)C(=O)NN. The summed E-state index contributed by atoms with van der Waals surface area (Å²) in [4.78, 5) is 13.3. The van der Waals surface area contributed by atoms with Crippen LogP contribution in [0, 0.1) is 0 Å². The third-order valence-corrected chi connectivity index (χ3v) is 2.41. The first-order valence-electron chi connectivity index (χ1n) is 4.96. The van der Waals surface area contributed by atoms with Gasteiger partial charge in [-0.05, 0) is 25.6 Å². The van der Waals surface area contributed by atoms with Crippen LogP contribution in [0.4, 0.5) is 0 Å². The lowest BCUT2D eigenvalue weighted by atomic mass is 10.2. The van der Waals surface area contributed by atoms with Crippen molar-refractivity contribution in [3.05, 3.63) is 24.2 Å². The summed E-state index contributed by atoms with van der Waals surface area (Å²) in [5, 5.41) is 0. The van der Waals surface area contributed by atoms with Gasteiger partial charge in [-0.1, -0.05) is 6.92 Å². The van der Waals surface area contributed by atoms with Crippen LogP contribution < -0.4 is 11.3 Å². The van der Waals surface area contributed by atoms with Crippen LogP contribution in [0.2, 0.25) is 0 Å². The Labute approximate surface area is 89.2 Å². The maximum atomic E-state index is 11.3. The number of carbonyl (C=O) groups excluding carboxylic acids is 1. The fraction of sp³-hybridized carbons (Fsp3) is 0.500. The molecule has 0 saturated heterocycles. The average Bonchev–Trinajstić information content (AvgIpc) is 2.76. The Bertz CT molecular complexity index is 298. The molecule has 5 heteroatoms. The van der Waals surface area contributed by atoms with E-state index in [2.05, 4.69) is 5.43 Å². The Morgan fingerprint density at radius 3 is 2.93 bits per heavy atom. The molecular weight excluding hydrogens is 194 g/mol. The second-order valence-corrected chi connectivity index (χ2v) is 3.33. The van der Waals surface area contributed by atoms with Gasteiger partial charge in [-0.2, -0.15) is 0 Å². The molecule has 5 nitrogen and oxygen atoms in total. The summed E-state index contributed by atoms with van der Waals surface area (Å²) in [6.45, 7) is 5.17. The van der Waals surface area contributed by atoms with E-state index in [1.807, 2.05) is 30.9 Å². The molecule has 0 bridgehead atoms. The van der Waals surface area contributed by atoms with Gasteiger partial charge in [0.05, 0.1) is 18.8 Å². The van der Waals surface area contributed by atoms with E-state index in [0.717, 1.165) is 12.3 Å². The molecule has 0 aliphatic heterocycles. The minimum absolute atomic E-state index is 0.191. The monoisotopic (exact) mass is 211 g/mol. The van der Waals surface area contributed by atoms with Crippen molar-refractivity contribution in [1.29, 1.82) is 0 Å².